The fraction of sp³-hybridized carbons (Fsp3) is 0. The summed E-state index contributed by atoms with van der Waals surface area (Å²) < 4.78 is 238. The van der Waals surface area contributed by atoms with Gasteiger partial charge in [0.1, 0.15) is 57.8 Å². The number of nitrogens with two attached hydrogens (primary N) is 2. The Balaban J connectivity index is 1.39. The van der Waals surface area contributed by atoms with Crippen LogP contribution >= 0.6 is 0 Å². The van der Waals surface area contributed by atoms with E-state index in [2.05, 4.69) is 45.2 Å². The van der Waals surface area contributed by atoms with Crippen molar-refractivity contribution in [1.82, 2.24) is 0 Å². The third-order valence-electron chi connectivity index (χ3n) is 10.6. The summed E-state index contributed by atoms with van der Waals surface area (Å²) in [5, 5.41) is 59.7. The molecule has 0 bridgehead atoms. The lowest BCUT2D eigenvalue weighted by atomic mass is 10.0. The maximum absolute atomic E-state index is 13.3. The Labute approximate surface area is 451 Å². The van der Waals surface area contributed by atoms with Gasteiger partial charge in [-0.05, 0) is 84.9 Å². The molecule has 0 radical (unpaired) electrons. The lowest BCUT2D eigenvalue weighted by molar-refractivity contribution is -0.384. The molecule has 0 heterocycles. The van der Waals surface area contributed by atoms with E-state index in [1.54, 1.807) is 0 Å². The van der Waals surface area contributed by atoms with Gasteiger partial charge in [-0.2, -0.15) is 79.3 Å². The number of anilines is 1. The Hall–Kier alpha value is -8.41. The lowest BCUT2D eigenvalue weighted by Gasteiger charge is -2.15. The topological polar surface area (TPSA) is 604 Å². The Morgan fingerprint density at radius 1 is 0.432 bits per heavy atom. The summed E-state index contributed by atoms with van der Waals surface area (Å²) in [4.78, 5) is 2.18. The zero-order chi connectivity index (χ0) is 60.3. The number of nitrogen functional groups attached to an aromatic ring is 1. The van der Waals surface area contributed by atoms with Crippen LogP contribution in [-0.4, -0.2) is 101 Å². The molecule has 0 fully saturated rings. The van der Waals surface area contributed by atoms with Crippen molar-refractivity contribution >= 4 is 149 Å². The van der Waals surface area contributed by atoms with E-state index in [1.807, 2.05) is 0 Å². The highest BCUT2D eigenvalue weighted by Gasteiger charge is 2.32. The Morgan fingerprint density at radius 2 is 0.914 bits per heavy atom. The molecule has 0 aliphatic rings. The van der Waals surface area contributed by atoms with E-state index in [1.165, 1.54) is 0 Å². The summed E-state index contributed by atoms with van der Waals surface area (Å²) in [6, 6.07) is 10.5. The first-order chi connectivity index (χ1) is 37.2. The standard InChI is InChI=1S/C38H27N11O25S7/c39-33-26(15-28(77(60,61)62)22-14-30(79(66,67)68)34(37(51)32(22)33)47-43-23-9-6-19(76(57,58)59)12-27(23)49(52)53)46-45-25-10-7-20-21(38(25)80(69,70)71)13-31(81(72,73)74-40)35(36(20)50)48-44-24-8-3-17(11-29(24)78(63,64)65)42-41-16-1-4-18(5-2-16)75(54,55)56/h1-15,50-51H,39-40H2,(H,54,55,56)(H,57,58,59)(H,60,61,62)(H,63,64,65)(H,66,67,68)(H,69,70,71). The van der Waals surface area contributed by atoms with Crippen LogP contribution in [-0.2, 0) is 75.1 Å². The molecule has 7 rings (SSSR count). The van der Waals surface area contributed by atoms with Crippen LogP contribution in [0.15, 0.2) is 166 Å². The van der Waals surface area contributed by atoms with Gasteiger partial charge in [0.05, 0.1) is 32.3 Å². The average molecular weight is 1260 g/mol. The fourth-order valence-electron chi connectivity index (χ4n) is 7.03. The summed E-state index contributed by atoms with van der Waals surface area (Å²) in [7, 11) is -37.4. The number of nitro groups is 1. The van der Waals surface area contributed by atoms with E-state index in [-0.39, 0.29) is 17.4 Å². The van der Waals surface area contributed by atoms with Crippen LogP contribution in [0.4, 0.5) is 56.9 Å². The molecule has 0 saturated carbocycles. The highest BCUT2D eigenvalue weighted by atomic mass is 32.2. The van der Waals surface area contributed by atoms with Crippen LogP contribution in [0.5, 0.6) is 11.5 Å². The largest absolute Gasteiger partial charge is 0.505 e. The average Bonchev–Trinajstić information content (AvgIpc) is 3.53. The number of nitrogens with zero attached hydrogens (tertiary/aromatic N) is 9. The molecule has 0 aliphatic carbocycles. The molecule has 0 aromatic heterocycles. The Kier molecular flexibility index (Phi) is 15.8. The zero-order valence-corrected chi connectivity index (χ0v) is 44.4. The molecule has 0 unspecified atom stereocenters. The molecular weight excluding hydrogens is 1230 g/mol. The quantitative estimate of drug-likeness (QED) is 0.0151. The molecule has 0 spiro atoms. The van der Waals surface area contributed by atoms with Crippen molar-refractivity contribution in [1.29, 1.82) is 0 Å². The minimum atomic E-state index is -5.76. The number of phenols is 2. The predicted molar refractivity (Wildman–Crippen MR) is 270 cm³/mol. The lowest BCUT2D eigenvalue weighted by Crippen LogP contribution is -2.12. The van der Waals surface area contributed by atoms with Crippen molar-refractivity contribution < 1.29 is 106 Å². The summed E-state index contributed by atoms with van der Waals surface area (Å²) in [6.07, 6.45) is 0. The van der Waals surface area contributed by atoms with Gasteiger partial charge in [-0.1, -0.05) is 0 Å². The van der Waals surface area contributed by atoms with Crippen LogP contribution in [0.2, 0.25) is 0 Å². The number of azo groups is 4. The number of aromatic hydroxyl groups is 2. The van der Waals surface area contributed by atoms with Crippen LogP contribution in [0.3, 0.4) is 0 Å². The van der Waals surface area contributed by atoms with Gasteiger partial charge >= 0.3 is 10.1 Å². The molecular formula is C38H27N11O25S7. The molecule has 0 atom stereocenters. The van der Waals surface area contributed by atoms with Crippen LogP contribution in [0.1, 0.15) is 0 Å². The second kappa shape index (κ2) is 21.2. The first-order valence-corrected chi connectivity index (χ1v) is 30.4. The highest BCUT2D eigenvalue weighted by Crippen LogP contribution is 2.50. The number of benzene rings is 7. The molecule has 7 aromatic carbocycles. The normalized spacial score (nSPS) is 13.4. The van der Waals surface area contributed by atoms with Gasteiger partial charge < -0.3 is 15.9 Å². The van der Waals surface area contributed by atoms with Crippen molar-refractivity contribution in [3.63, 3.8) is 0 Å². The number of hydrogen-bond acceptors (Lipinski definition) is 29. The molecule has 81 heavy (non-hydrogen) atoms. The van der Waals surface area contributed by atoms with Gasteiger partial charge in [0, 0.05) is 22.2 Å². The van der Waals surface area contributed by atoms with Gasteiger partial charge in [-0.3, -0.25) is 37.4 Å². The first kappa shape index (κ1) is 60.2. The van der Waals surface area contributed by atoms with Crippen molar-refractivity contribution in [2.24, 2.45) is 46.8 Å². The number of rotatable bonds is 17. The van der Waals surface area contributed by atoms with Crippen LogP contribution in [0, 0.1) is 10.1 Å². The van der Waals surface area contributed by atoms with E-state index < -0.39 is 189 Å². The molecule has 12 N–H and O–H groups in total. The van der Waals surface area contributed by atoms with Gasteiger partial charge in [0.2, 0.25) is 0 Å². The SMILES string of the molecule is NOS(=O)(=O)c1cc2c(S(=O)(=O)O)c(N=Nc3cc(S(=O)(=O)O)c4cc(S(=O)(=O)O)c(N=Nc5ccc(S(=O)(=O)O)cc5[N+](=O)[O-])c(O)c4c3N)ccc2c(O)c1N=Nc1ccc(N=Nc2ccc(S(=O)(=O)O)cc2)cc1S(=O)(=O)O. The molecule has 36 nitrogen and oxygen atoms in total. The van der Waals surface area contributed by atoms with E-state index in [0.717, 1.165) is 42.5 Å². The van der Waals surface area contributed by atoms with E-state index in [0.29, 0.717) is 42.5 Å². The molecule has 0 saturated heterocycles. The summed E-state index contributed by atoms with van der Waals surface area (Å²) in [6.45, 7) is 0. The summed E-state index contributed by atoms with van der Waals surface area (Å²) in [5.41, 5.74) is -2.60. The van der Waals surface area contributed by atoms with Crippen molar-refractivity contribution in [3.05, 3.63) is 101 Å². The predicted octanol–water partition coefficient (Wildman–Crippen LogP) is 6.62. The Bertz CT molecular complexity index is 4870. The summed E-state index contributed by atoms with van der Waals surface area (Å²) >= 11 is 0. The third kappa shape index (κ3) is 12.6. The highest BCUT2D eigenvalue weighted by molar-refractivity contribution is 7.88. The molecule has 7 aromatic rings. The smallest absolute Gasteiger partial charge is 0.315 e. The molecule has 0 aliphatic heterocycles. The zero-order valence-electron chi connectivity index (χ0n) is 38.7. The second-order valence-corrected chi connectivity index (χ2v) is 25.5. The van der Waals surface area contributed by atoms with Gasteiger partial charge in [0.15, 0.2) is 17.2 Å². The second-order valence-electron chi connectivity index (χ2n) is 15.6. The maximum atomic E-state index is 13.3. The van der Waals surface area contributed by atoms with Crippen molar-refractivity contribution in [3.8, 4) is 11.5 Å². The maximum Gasteiger partial charge on any atom is 0.315 e. The molecule has 43 heteroatoms. The van der Waals surface area contributed by atoms with E-state index >= 15 is 0 Å². The van der Waals surface area contributed by atoms with E-state index in [4.69, 9.17) is 11.6 Å². The fourth-order valence-corrected chi connectivity index (χ4v) is 11.6. The van der Waals surface area contributed by atoms with Crippen LogP contribution in [0.25, 0.3) is 21.5 Å². The van der Waals surface area contributed by atoms with Gasteiger partial charge in [0.25, 0.3) is 66.4 Å². The van der Waals surface area contributed by atoms with E-state index in [9.17, 15) is 107 Å². The van der Waals surface area contributed by atoms with Crippen LogP contribution < -0.4 is 11.6 Å². The monoisotopic (exact) mass is 1260 g/mol. The van der Waals surface area contributed by atoms with Crippen molar-refractivity contribution in [2.75, 3.05) is 5.73 Å². The Morgan fingerprint density at radius 3 is 1.46 bits per heavy atom. The number of hydrogen-bond donors (Lipinski definition) is 10. The number of fused-ring (bicyclic) bond motifs is 2. The third-order valence-corrected chi connectivity index (χ3v) is 17.0. The minimum absolute atomic E-state index is 0.0208. The van der Waals surface area contributed by atoms with Gasteiger partial charge in [-0.15, -0.1) is 30.7 Å². The summed E-state index contributed by atoms with van der Waals surface area (Å²) in [5.74, 6) is 2.09. The number of phenolic OH excluding ortho intramolecular Hbond substituents is 2. The first-order valence-electron chi connectivity index (χ1n) is 20.4. The number of nitro benzene ring substituents is 1. The molecule has 426 valence electrons. The van der Waals surface area contributed by atoms with Crippen molar-refractivity contribution in [2.45, 2.75) is 34.3 Å². The minimum Gasteiger partial charge on any atom is -0.505 e. The van der Waals surface area contributed by atoms with Gasteiger partial charge in [-0.25, -0.2) is 0 Å². The molecule has 0 amide bonds.